The number of hydrogen-bond acceptors (Lipinski definition) is 6. The highest BCUT2D eigenvalue weighted by atomic mass is 16.2. The molecule has 0 fully saturated rings. The molecule has 21 heavy (non-hydrogen) atoms. The van der Waals surface area contributed by atoms with Gasteiger partial charge in [-0.15, -0.1) is 0 Å². The minimum atomic E-state index is -0.163. The first-order valence-electron chi connectivity index (χ1n) is 6.55. The van der Waals surface area contributed by atoms with Crippen LogP contribution in [0.15, 0.2) is 18.3 Å². The number of amides is 1. The molecule has 0 radical (unpaired) electrons. The molecule has 0 aliphatic heterocycles. The summed E-state index contributed by atoms with van der Waals surface area (Å²) in [7, 11) is 3.36. The Labute approximate surface area is 123 Å². The number of hydrazine groups is 1. The third-order valence-electron chi connectivity index (χ3n) is 2.84. The first-order valence-corrected chi connectivity index (χ1v) is 6.55. The molecule has 0 unspecified atom stereocenters. The molecule has 0 saturated carbocycles. The molecule has 2 heterocycles. The van der Waals surface area contributed by atoms with E-state index < -0.39 is 0 Å². The Bertz CT molecular complexity index is 648. The van der Waals surface area contributed by atoms with Crippen molar-refractivity contribution < 1.29 is 4.79 Å². The molecule has 2 aromatic heterocycles. The van der Waals surface area contributed by atoms with Gasteiger partial charge in [-0.25, -0.2) is 20.5 Å². The van der Waals surface area contributed by atoms with E-state index in [1.807, 2.05) is 13.8 Å². The second-order valence-electron chi connectivity index (χ2n) is 5.11. The van der Waals surface area contributed by atoms with Crippen molar-refractivity contribution >= 4 is 11.7 Å². The zero-order chi connectivity index (χ0) is 15.6. The number of carbonyl (C=O) groups excluding carboxylic acids is 1. The lowest BCUT2D eigenvalue weighted by Crippen LogP contribution is -2.22. The van der Waals surface area contributed by atoms with Crippen LogP contribution < -0.4 is 11.3 Å². The zero-order valence-corrected chi connectivity index (χ0v) is 12.5. The Morgan fingerprint density at radius 1 is 1.38 bits per heavy atom. The van der Waals surface area contributed by atoms with Gasteiger partial charge in [0.1, 0.15) is 11.6 Å². The summed E-state index contributed by atoms with van der Waals surface area (Å²) in [5, 5.41) is 4.24. The molecule has 0 saturated heterocycles. The summed E-state index contributed by atoms with van der Waals surface area (Å²) in [5.74, 6) is 7.12. The maximum atomic E-state index is 11.9. The third-order valence-corrected chi connectivity index (χ3v) is 2.84. The highest BCUT2D eigenvalue weighted by molar-refractivity contribution is 5.91. The summed E-state index contributed by atoms with van der Waals surface area (Å²) in [4.78, 5) is 22.1. The molecule has 3 N–H and O–H groups in total. The Morgan fingerprint density at radius 2 is 2.10 bits per heavy atom. The summed E-state index contributed by atoms with van der Waals surface area (Å²) in [6, 6.07) is 3.32. The van der Waals surface area contributed by atoms with Gasteiger partial charge in [0, 0.05) is 32.3 Å². The number of rotatable bonds is 4. The lowest BCUT2D eigenvalue weighted by molar-refractivity contribution is 0.0821. The smallest absolute Gasteiger partial charge is 0.273 e. The quantitative estimate of drug-likeness (QED) is 0.637. The van der Waals surface area contributed by atoms with Crippen LogP contribution in [-0.4, -0.2) is 44.7 Å². The predicted molar refractivity (Wildman–Crippen MR) is 79.1 cm³/mol. The second-order valence-corrected chi connectivity index (χ2v) is 5.11. The molecule has 0 bridgehead atoms. The van der Waals surface area contributed by atoms with Gasteiger partial charge in [0.2, 0.25) is 0 Å². The fourth-order valence-electron chi connectivity index (χ4n) is 1.70. The van der Waals surface area contributed by atoms with E-state index in [2.05, 4.69) is 20.5 Å². The highest BCUT2D eigenvalue weighted by Crippen LogP contribution is 2.16. The number of nitrogen functional groups attached to an aromatic ring is 1. The number of nitrogens with one attached hydrogen (secondary N) is 1. The van der Waals surface area contributed by atoms with Crippen LogP contribution in [0.3, 0.4) is 0 Å². The number of aromatic nitrogens is 4. The summed E-state index contributed by atoms with van der Waals surface area (Å²) in [5.41, 5.74) is 2.87. The zero-order valence-electron chi connectivity index (χ0n) is 12.5. The van der Waals surface area contributed by atoms with Crippen LogP contribution in [-0.2, 0) is 0 Å². The van der Waals surface area contributed by atoms with Gasteiger partial charge in [-0.3, -0.25) is 4.79 Å². The van der Waals surface area contributed by atoms with Crippen LogP contribution in [0.1, 0.15) is 36.1 Å². The van der Waals surface area contributed by atoms with Crippen molar-refractivity contribution in [3.05, 3.63) is 29.8 Å². The van der Waals surface area contributed by atoms with Gasteiger partial charge in [-0.2, -0.15) is 5.10 Å². The number of nitrogens with two attached hydrogens (primary N) is 1. The molecule has 0 atom stereocenters. The maximum absolute atomic E-state index is 11.9. The number of nitrogens with zero attached hydrogens (tertiary/aromatic N) is 5. The fraction of sp³-hybridized carbons (Fsp3) is 0.385. The Kier molecular flexibility index (Phi) is 4.18. The first kappa shape index (κ1) is 14.9. The molecule has 0 aromatic carbocycles. The van der Waals surface area contributed by atoms with Gasteiger partial charge in [0.15, 0.2) is 11.5 Å². The van der Waals surface area contributed by atoms with Gasteiger partial charge in [0.05, 0.1) is 0 Å². The van der Waals surface area contributed by atoms with Crippen LogP contribution in [0.5, 0.6) is 0 Å². The normalized spacial score (nSPS) is 10.8. The summed E-state index contributed by atoms with van der Waals surface area (Å²) in [6.07, 6.45) is 1.68. The summed E-state index contributed by atoms with van der Waals surface area (Å²) >= 11 is 0. The fourth-order valence-corrected chi connectivity index (χ4v) is 1.70. The first-order chi connectivity index (χ1) is 9.92. The van der Waals surface area contributed by atoms with Gasteiger partial charge >= 0.3 is 0 Å². The van der Waals surface area contributed by atoms with Crippen molar-refractivity contribution in [2.45, 2.75) is 19.8 Å². The largest absolute Gasteiger partial charge is 0.343 e. The number of hydrogen-bond donors (Lipinski definition) is 2. The Balaban J connectivity index is 2.42. The summed E-state index contributed by atoms with van der Waals surface area (Å²) < 4.78 is 1.53. The van der Waals surface area contributed by atoms with Gasteiger partial charge in [0.25, 0.3) is 5.91 Å². The molecule has 2 aromatic rings. The lowest BCUT2D eigenvalue weighted by atomic mass is 10.2. The Hall–Kier alpha value is -2.48. The topological polar surface area (TPSA) is 102 Å². The molecule has 2 rings (SSSR count). The molecule has 112 valence electrons. The molecular formula is C13H19N7O. The van der Waals surface area contributed by atoms with E-state index in [1.54, 1.807) is 32.4 Å². The van der Waals surface area contributed by atoms with Crippen molar-refractivity contribution in [3.8, 4) is 5.82 Å². The molecule has 8 heteroatoms. The molecular weight excluding hydrogens is 270 g/mol. The minimum Gasteiger partial charge on any atom is -0.343 e. The van der Waals surface area contributed by atoms with E-state index >= 15 is 0 Å². The summed E-state index contributed by atoms with van der Waals surface area (Å²) in [6.45, 7) is 3.98. The van der Waals surface area contributed by atoms with Crippen molar-refractivity contribution in [1.82, 2.24) is 24.6 Å². The van der Waals surface area contributed by atoms with Gasteiger partial charge in [-0.05, 0) is 6.07 Å². The average Bonchev–Trinajstić information content (AvgIpc) is 2.95. The molecule has 0 aliphatic rings. The van der Waals surface area contributed by atoms with E-state index in [0.29, 0.717) is 23.2 Å². The Morgan fingerprint density at radius 3 is 2.67 bits per heavy atom. The van der Waals surface area contributed by atoms with E-state index in [9.17, 15) is 4.79 Å². The number of anilines is 1. The predicted octanol–water partition coefficient (Wildman–Crippen LogP) is 0.773. The monoisotopic (exact) mass is 289 g/mol. The average molecular weight is 289 g/mol. The standard InChI is InChI=1S/C13H19N7O/c1-8(2)12-15-10(17-14)7-11(16-12)20-6-5-9(18-20)13(21)19(3)4/h5-8H,14H2,1-4H3,(H,15,16,17). The molecule has 0 aliphatic carbocycles. The molecule has 8 nitrogen and oxygen atoms in total. The lowest BCUT2D eigenvalue weighted by Gasteiger charge is -2.10. The SMILES string of the molecule is CC(C)c1nc(NN)cc(-n2ccc(C(=O)N(C)C)n2)n1. The van der Waals surface area contributed by atoms with Crippen LogP contribution >= 0.6 is 0 Å². The van der Waals surface area contributed by atoms with E-state index in [0.717, 1.165) is 0 Å². The van der Waals surface area contributed by atoms with Crippen molar-refractivity contribution in [2.24, 2.45) is 5.84 Å². The molecule has 1 amide bonds. The van der Waals surface area contributed by atoms with E-state index in [-0.39, 0.29) is 11.8 Å². The van der Waals surface area contributed by atoms with Crippen LogP contribution in [0, 0.1) is 0 Å². The van der Waals surface area contributed by atoms with E-state index in [1.165, 1.54) is 9.58 Å². The third kappa shape index (κ3) is 3.16. The van der Waals surface area contributed by atoms with Crippen LogP contribution in [0.4, 0.5) is 5.82 Å². The highest BCUT2D eigenvalue weighted by Gasteiger charge is 2.14. The van der Waals surface area contributed by atoms with Crippen molar-refractivity contribution in [3.63, 3.8) is 0 Å². The van der Waals surface area contributed by atoms with Gasteiger partial charge < -0.3 is 10.3 Å². The number of carbonyl (C=O) groups is 1. The van der Waals surface area contributed by atoms with Crippen molar-refractivity contribution in [2.75, 3.05) is 19.5 Å². The van der Waals surface area contributed by atoms with Crippen LogP contribution in [0.2, 0.25) is 0 Å². The van der Waals surface area contributed by atoms with E-state index in [4.69, 9.17) is 5.84 Å². The van der Waals surface area contributed by atoms with Crippen molar-refractivity contribution in [1.29, 1.82) is 0 Å². The van der Waals surface area contributed by atoms with Crippen LogP contribution in [0.25, 0.3) is 5.82 Å². The minimum absolute atomic E-state index is 0.149. The second kappa shape index (κ2) is 5.88. The molecule has 0 spiro atoms. The van der Waals surface area contributed by atoms with Gasteiger partial charge in [-0.1, -0.05) is 13.8 Å². The maximum Gasteiger partial charge on any atom is 0.273 e.